The van der Waals surface area contributed by atoms with E-state index >= 15 is 0 Å². The van der Waals surface area contributed by atoms with Crippen molar-refractivity contribution in [2.75, 3.05) is 40.1 Å². The number of carbonyl (C=O) groups excluding carboxylic acids is 7. The quantitative estimate of drug-likeness (QED) is 0.0186. The monoisotopic (exact) mass is 1210 g/mol. The average molecular weight is 1210 g/mol. The van der Waals surface area contributed by atoms with Gasteiger partial charge in [-0.05, 0) is 96.8 Å². The highest BCUT2D eigenvalue weighted by molar-refractivity contribution is 5.80. The van der Waals surface area contributed by atoms with E-state index in [0.717, 1.165) is 89.9 Å². The van der Waals surface area contributed by atoms with Gasteiger partial charge in [0.25, 0.3) is 0 Å². The first-order chi connectivity index (χ1) is 41.0. The van der Waals surface area contributed by atoms with Crippen LogP contribution in [0.5, 0.6) is 0 Å². The first-order valence-electron chi connectivity index (χ1n) is 34.6. The van der Waals surface area contributed by atoms with Crippen molar-refractivity contribution in [1.29, 1.82) is 0 Å². The zero-order chi connectivity index (χ0) is 64.7. The third-order valence-corrected chi connectivity index (χ3v) is 15.4. The van der Waals surface area contributed by atoms with E-state index in [1.807, 2.05) is 51.7 Å². The highest BCUT2D eigenvalue weighted by atomic mass is 16.5. The number of ether oxygens (including phenoxy) is 5. The van der Waals surface area contributed by atoms with E-state index in [2.05, 4.69) is 61.5 Å². The van der Waals surface area contributed by atoms with Crippen LogP contribution in [0.3, 0.4) is 0 Å². The lowest BCUT2D eigenvalue weighted by Gasteiger charge is -2.34. The fraction of sp³-hybridized carbons (Fsp3) is 0.847. The third-order valence-electron chi connectivity index (χ3n) is 15.4. The molecule has 0 aliphatic carbocycles. The second kappa shape index (κ2) is 66.1. The highest BCUT2D eigenvalue weighted by Gasteiger charge is 2.39. The van der Waals surface area contributed by atoms with Crippen molar-refractivity contribution in [1.82, 2.24) is 4.90 Å². The van der Waals surface area contributed by atoms with Gasteiger partial charge in [-0.15, -0.1) is 0 Å². The van der Waals surface area contributed by atoms with Crippen molar-refractivity contribution in [3.05, 3.63) is 23.8 Å². The van der Waals surface area contributed by atoms with E-state index < -0.39 is 11.9 Å². The summed E-state index contributed by atoms with van der Waals surface area (Å²) in [5, 5.41) is 0. The SMILES string of the molecule is C/C=C\C.CC.CCCCCCCCOC.CCCCCCCCOC(=O)CC(CC(C)=O)CC(=O)OCCCCCCCC.CCCCCCCCOC(=O)CC(CC=O)CC(=O)OCC1CCC(CCC)N1C(=O)C(C)C(C)/C=C(\C)CC. The van der Waals surface area contributed by atoms with Gasteiger partial charge in [0, 0.05) is 64.2 Å². The standard InChI is InChI=1S/C33H57NO6.C24H44O5.C9H20O.C4H8.C2H6/c1-7-10-11-12-13-14-20-39-31(36)22-28(18-19-35)23-32(37)40-24-30-17-16-29(15-8-2)34(30)33(38)27(6)26(5)21-25(4)9-3;1-4-6-8-10-12-14-16-28-23(26)19-22(18-21(3)25)20-24(27)29-17-15-13-11-9-7-5-2;1-3-4-5-6-7-8-9-10-2;1-3-4-2;1-2/h19,21,26-30H,7-18,20,22-24H2,1-6H3;22H,4-20H2,1-3H3;3-9H2,1-2H3;3-4H,1-2H3;1-2H3/b25-21+;;;4-3-;. The molecule has 0 spiro atoms. The lowest BCUT2D eigenvalue weighted by molar-refractivity contribution is -0.152. The van der Waals surface area contributed by atoms with Crippen LogP contribution in [0.1, 0.15) is 322 Å². The first kappa shape index (κ1) is 87.6. The normalized spacial score (nSPS) is 14.7. The van der Waals surface area contributed by atoms with Crippen LogP contribution in [0.4, 0.5) is 0 Å². The Bertz CT molecular complexity index is 1600. The molecule has 85 heavy (non-hydrogen) atoms. The summed E-state index contributed by atoms with van der Waals surface area (Å²) in [5.41, 5.74) is 1.28. The number of allylic oxidation sites excluding steroid dienone is 4. The number of carbonyl (C=O) groups is 7. The topological polar surface area (TPSA) is 169 Å². The zero-order valence-electron chi connectivity index (χ0n) is 57.9. The van der Waals surface area contributed by atoms with Crippen LogP contribution < -0.4 is 0 Å². The number of ketones is 1. The summed E-state index contributed by atoms with van der Waals surface area (Å²) < 4.78 is 26.5. The number of likely N-dealkylation sites (tertiary alicyclic amines) is 1. The number of rotatable bonds is 48. The van der Waals surface area contributed by atoms with E-state index in [1.165, 1.54) is 122 Å². The van der Waals surface area contributed by atoms with Crippen molar-refractivity contribution in [3.8, 4) is 0 Å². The summed E-state index contributed by atoms with van der Waals surface area (Å²) in [6.07, 6.45) is 40.4. The fourth-order valence-corrected chi connectivity index (χ4v) is 9.87. The molecule has 0 aromatic carbocycles. The van der Waals surface area contributed by atoms with Gasteiger partial charge in [0.05, 0.1) is 25.9 Å². The summed E-state index contributed by atoms with van der Waals surface area (Å²) in [6, 6.07) is 0.0158. The number of nitrogens with zero attached hydrogens (tertiary/aromatic N) is 1. The van der Waals surface area contributed by atoms with Gasteiger partial charge in [0.15, 0.2) is 0 Å². The van der Waals surface area contributed by atoms with E-state index in [9.17, 15) is 33.6 Å². The predicted octanol–water partition coefficient (Wildman–Crippen LogP) is 19.0. The third kappa shape index (κ3) is 56.4. The predicted molar refractivity (Wildman–Crippen MR) is 353 cm³/mol. The number of unbranched alkanes of at least 4 members (excludes halogenated alkanes) is 20. The Morgan fingerprint density at radius 2 is 0.847 bits per heavy atom. The first-order valence-corrected chi connectivity index (χ1v) is 34.6. The van der Waals surface area contributed by atoms with Crippen LogP contribution in [0, 0.1) is 23.7 Å². The Kier molecular flexibility index (Phi) is 68.1. The van der Waals surface area contributed by atoms with E-state index in [-0.39, 0.29) is 105 Å². The van der Waals surface area contributed by atoms with Gasteiger partial charge in [0.1, 0.15) is 18.7 Å². The van der Waals surface area contributed by atoms with Gasteiger partial charge in [-0.2, -0.15) is 0 Å². The molecule has 0 bridgehead atoms. The van der Waals surface area contributed by atoms with Crippen molar-refractivity contribution >= 4 is 41.9 Å². The Hall–Kier alpha value is -3.87. The largest absolute Gasteiger partial charge is 0.466 e. The van der Waals surface area contributed by atoms with Gasteiger partial charge in [-0.3, -0.25) is 24.0 Å². The molecule has 0 aromatic heterocycles. The van der Waals surface area contributed by atoms with Crippen LogP contribution in [-0.2, 0) is 57.2 Å². The average Bonchev–Trinajstić information content (AvgIpc) is 4.05. The number of methoxy groups -OCH3 is 1. The zero-order valence-corrected chi connectivity index (χ0v) is 57.9. The molecule has 1 fully saturated rings. The van der Waals surface area contributed by atoms with Gasteiger partial charge in [-0.25, -0.2) is 0 Å². The molecule has 5 unspecified atom stereocenters. The van der Waals surface area contributed by atoms with E-state index in [1.54, 1.807) is 7.11 Å². The van der Waals surface area contributed by atoms with Crippen molar-refractivity contribution in [3.63, 3.8) is 0 Å². The number of aldehydes is 1. The molecular formula is C72H135NO12. The molecule has 1 heterocycles. The molecule has 13 heteroatoms. The molecule has 1 aliphatic rings. The number of esters is 4. The Morgan fingerprint density at radius 1 is 0.482 bits per heavy atom. The van der Waals surface area contributed by atoms with Gasteiger partial charge >= 0.3 is 23.9 Å². The second-order valence-electron chi connectivity index (χ2n) is 23.4. The molecule has 1 saturated heterocycles. The maximum atomic E-state index is 13.6. The number of hydrogen-bond acceptors (Lipinski definition) is 12. The molecule has 13 nitrogen and oxygen atoms in total. The van der Waals surface area contributed by atoms with Crippen molar-refractivity contribution < 1.29 is 57.2 Å². The summed E-state index contributed by atoms with van der Waals surface area (Å²) in [6.45, 7) is 31.0. The van der Waals surface area contributed by atoms with Crippen LogP contribution in [-0.4, -0.2) is 99.0 Å². The summed E-state index contributed by atoms with van der Waals surface area (Å²) in [4.78, 5) is 87.4. The minimum atomic E-state index is -0.440. The van der Waals surface area contributed by atoms with Gasteiger partial charge in [0.2, 0.25) is 5.91 Å². The molecule has 5 atom stereocenters. The molecule has 0 aromatic rings. The smallest absolute Gasteiger partial charge is 0.306 e. The van der Waals surface area contributed by atoms with Crippen LogP contribution >= 0.6 is 0 Å². The number of amides is 1. The van der Waals surface area contributed by atoms with Crippen LogP contribution in [0.2, 0.25) is 0 Å². The van der Waals surface area contributed by atoms with Crippen molar-refractivity contribution in [2.45, 2.75) is 334 Å². The maximum absolute atomic E-state index is 13.6. The molecule has 1 aliphatic heterocycles. The highest BCUT2D eigenvalue weighted by Crippen LogP contribution is 2.32. The molecular weight excluding hydrogens is 1070 g/mol. The Morgan fingerprint density at radius 3 is 1.20 bits per heavy atom. The summed E-state index contributed by atoms with van der Waals surface area (Å²) in [5.74, 6) is -2.17. The molecule has 1 rings (SSSR count). The Labute approximate surface area is 523 Å². The molecule has 1 amide bonds. The Balaban J connectivity index is -0.000000631. The maximum Gasteiger partial charge on any atom is 0.306 e. The summed E-state index contributed by atoms with van der Waals surface area (Å²) >= 11 is 0. The molecule has 0 saturated carbocycles. The molecule has 0 N–H and O–H groups in total. The lowest BCUT2D eigenvalue weighted by Crippen LogP contribution is -2.47. The lowest BCUT2D eigenvalue weighted by atomic mass is 9.91. The summed E-state index contributed by atoms with van der Waals surface area (Å²) in [7, 11) is 1.77. The van der Waals surface area contributed by atoms with Crippen LogP contribution in [0.25, 0.3) is 0 Å². The molecule has 0 radical (unpaired) electrons. The molecule has 500 valence electrons. The van der Waals surface area contributed by atoms with Crippen LogP contribution in [0.15, 0.2) is 23.8 Å². The minimum Gasteiger partial charge on any atom is -0.466 e. The van der Waals surface area contributed by atoms with Crippen molar-refractivity contribution in [2.24, 2.45) is 23.7 Å². The minimum absolute atomic E-state index is 0.0154. The van der Waals surface area contributed by atoms with Gasteiger partial charge in [-0.1, -0.05) is 228 Å². The van der Waals surface area contributed by atoms with E-state index in [4.69, 9.17) is 23.7 Å². The number of Topliss-reactive ketones (excluding diaryl/α,β-unsaturated/α-hetero) is 1. The fourth-order valence-electron chi connectivity index (χ4n) is 9.87. The van der Waals surface area contributed by atoms with E-state index in [0.29, 0.717) is 19.8 Å². The second-order valence-corrected chi connectivity index (χ2v) is 23.4. The number of hydrogen-bond donors (Lipinski definition) is 0. The van der Waals surface area contributed by atoms with Gasteiger partial charge < -0.3 is 38.2 Å².